The van der Waals surface area contributed by atoms with Crippen molar-refractivity contribution in [1.82, 2.24) is 9.55 Å². The largest absolute Gasteiger partial charge is 0.335 e. The van der Waals surface area contributed by atoms with Gasteiger partial charge in [-0.15, -0.1) is 0 Å². The molecular formula is C35H60N2. The summed E-state index contributed by atoms with van der Waals surface area (Å²) in [6.07, 6.45) is 33.7. The summed E-state index contributed by atoms with van der Waals surface area (Å²) in [5.74, 6) is 1.34. The first-order valence-electron chi connectivity index (χ1n) is 16.4. The van der Waals surface area contributed by atoms with E-state index in [1.165, 1.54) is 145 Å². The Kier molecular flexibility index (Phi) is 19.2. The summed E-state index contributed by atoms with van der Waals surface area (Å²) in [6, 6.07) is 10.9. The number of rotatable bonds is 25. The van der Waals surface area contributed by atoms with Crippen LogP contribution in [0.1, 0.15) is 159 Å². The summed E-state index contributed by atoms with van der Waals surface area (Å²) < 4.78 is 2.50. The molecule has 2 rings (SSSR count). The zero-order valence-corrected chi connectivity index (χ0v) is 24.8. The van der Waals surface area contributed by atoms with E-state index in [9.17, 15) is 0 Å². The van der Waals surface area contributed by atoms with Gasteiger partial charge >= 0.3 is 0 Å². The number of hydrogen-bond acceptors (Lipinski definition) is 1. The molecule has 2 aromatic rings. The molecular weight excluding hydrogens is 448 g/mol. The van der Waals surface area contributed by atoms with Gasteiger partial charge in [0, 0.05) is 19.2 Å². The van der Waals surface area contributed by atoms with E-state index in [-0.39, 0.29) is 0 Å². The molecule has 2 heteroatoms. The minimum absolute atomic E-state index is 1.10. The summed E-state index contributed by atoms with van der Waals surface area (Å²) in [5, 5.41) is 0. The smallest absolute Gasteiger partial charge is 0.108 e. The predicted octanol–water partition coefficient (Wildman–Crippen LogP) is 11.1. The maximum absolute atomic E-state index is 5.07. The molecule has 0 N–H and O–H groups in total. The van der Waals surface area contributed by atoms with Crippen LogP contribution in [0.3, 0.4) is 0 Å². The molecule has 0 saturated heterocycles. The Morgan fingerprint density at radius 3 is 1.59 bits per heavy atom. The summed E-state index contributed by atoms with van der Waals surface area (Å²) in [4.78, 5) is 5.07. The van der Waals surface area contributed by atoms with Crippen molar-refractivity contribution in [2.24, 2.45) is 0 Å². The van der Waals surface area contributed by atoms with Crippen LogP contribution in [-0.4, -0.2) is 9.55 Å². The summed E-state index contributed by atoms with van der Waals surface area (Å²) in [5.41, 5.74) is 2.75. The zero-order chi connectivity index (χ0) is 26.2. The zero-order valence-electron chi connectivity index (χ0n) is 24.8. The maximum Gasteiger partial charge on any atom is 0.108 e. The van der Waals surface area contributed by atoms with E-state index < -0.39 is 0 Å². The van der Waals surface area contributed by atoms with Gasteiger partial charge in [-0.25, -0.2) is 4.98 Å². The fourth-order valence-electron chi connectivity index (χ4n) is 5.51. The van der Waals surface area contributed by atoms with E-state index in [0.717, 1.165) is 25.8 Å². The minimum atomic E-state index is 1.10. The van der Waals surface area contributed by atoms with E-state index >= 15 is 0 Å². The lowest BCUT2D eigenvalue weighted by atomic mass is 10.0. The Labute approximate surface area is 231 Å². The Bertz CT molecular complexity index is 748. The summed E-state index contributed by atoms with van der Waals surface area (Å²) >= 11 is 0. The monoisotopic (exact) mass is 508 g/mol. The molecule has 0 radical (unpaired) electrons. The van der Waals surface area contributed by atoms with Gasteiger partial charge in [-0.3, -0.25) is 0 Å². The second-order valence-electron chi connectivity index (χ2n) is 11.4. The van der Waals surface area contributed by atoms with Gasteiger partial charge in [0.25, 0.3) is 0 Å². The number of aryl methyl sites for hydroxylation is 4. The van der Waals surface area contributed by atoms with Gasteiger partial charge < -0.3 is 4.57 Å². The molecule has 1 aromatic carbocycles. The molecule has 0 aliphatic carbocycles. The van der Waals surface area contributed by atoms with Crippen LogP contribution in [0.15, 0.2) is 36.5 Å². The third-order valence-corrected chi connectivity index (χ3v) is 7.91. The number of benzene rings is 1. The van der Waals surface area contributed by atoms with Crippen molar-refractivity contribution in [1.29, 1.82) is 0 Å². The summed E-state index contributed by atoms with van der Waals surface area (Å²) in [6.45, 7) is 5.75. The van der Waals surface area contributed by atoms with Crippen molar-refractivity contribution < 1.29 is 0 Å². The van der Waals surface area contributed by atoms with Gasteiger partial charge in [0.1, 0.15) is 5.82 Å². The SMILES string of the molecule is CCCCCCCCCCCCCCCCCCn1cc(CCCc2ccccc2)nc1CCCCC. The van der Waals surface area contributed by atoms with E-state index in [4.69, 9.17) is 4.98 Å². The topological polar surface area (TPSA) is 17.8 Å². The van der Waals surface area contributed by atoms with Crippen molar-refractivity contribution in [3.05, 3.63) is 53.6 Å². The van der Waals surface area contributed by atoms with E-state index in [0.29, 0.717) is 0 Å². The first-order valence-corrected chi connectivity index (χ1v) is 16.4. The van der Waals surface area contributed by atoms with Crippen LogP contribution < -0.4 is 0 Å². The van der Waals surface area contributed by atoms with Gasteiger partial charge in [-0.1, -0.05) is 153 Å². The molecule has 0 atom stereocenters. The van der Waals surface area contributed by atoms with Crippen molar-refractivity contribution in [2.75, 3.05) is 0 Å². The summed E-state index contributed by atoms with van der Waals surface area (Å²) in [7, 11) is 0. The van der Waals surface area contributed by atoms with Crippen LogP contribution in [0, 0.1) is 0 Å². The lowest BCUT2D eigenvalue weighted by Gasteiger charge is -2.08. The van der Waals surface area contributed by atoms with Crippen molar-refractivity contribution >= 4 is 0 Å². The van der Waals surface area contributed by atoms with Crippen LogP contribution in [0.25, 0.3) is 0 Å². The molecule has 0 aliphatic heterocycles. The van der Waals surface area contributed by atoms with Crippen LogP contribution >= 0.6 is 0 Å². The van der Waals surface area contributed by atoms with E-state index in [1.807, 2.05) is 0 Å². The molecule has 1 heterocycles. The molecule has 1 aromatic heterocycles. The molecule has 0 bridgehead atoms. The highest BCUT2D eigenvalue weighted by molar-refractivity contribution is 5.15. The highest BCUT2D eigenvalue weighted by atomic mass is 15.1. The van der Waals surface area contributed by atoms with Crippen LogP contribution in [0.4, 0.5) is 0 Å². The van der Waals surface area contributed by atoms with Gasteiger partial charge in [-0.2, -0.15) is 0 Å². The highest BCUT2D eigenvalue weighted by Gasteiger charge is 2.08. The average Bonchev–Trinajstić information content (AvgIpc) is 3.30. The third kappa shape index (κ3) is 16.1. The molecule has 0 fully saturated rings. The lowest BCUT2D eigenvalue weighted by Crippen LogP contribution is -2.03. The Balaban J connectivity index is 1.53. The van der Waals surface area contributed by atoms with Gasteiger partial charge in [0.2, 0.25) is 0 Å². The number of unbranched alkanes of at least 4 members (excludes halogenated alkanes) is 17. The number of hydrogen-bond donors (Lipinski definition) is 0. The molecule has 210 valence electrons. The van der Waals surface area contributed by atoms with Gasteiger partial charge in [-0.05, 0) is 37.7 Å². The molecule has 2 nitrogen and oxygen atoms in total. The molecule has 0 spiro atoms. The number of aromatic nitrogens is 2. The van der Waals surface area contributed by atoms with Crippen LogP contribution in [0.2, 0.25) is 0 Å². The first-order chi connectivity index (χ1) is 18.3. The predicted molar refractivity (Wildman–Crippen MR) is 163 cm³/mol. The molecule has 0 unspecified atom stereocenters. The molecule has 37 heavy (non-hydrogen) atoms. The molecule has 0 amide bonds. The average molecular weight is 509 g/mol. The quantitative estimate of drug-likeness (QED) is 0.122. The van der Waals surface area contributed by atoms with E-state index in [2.05, 4.69) is 54.9 Å². The van der Waals surface area contributed by atoms with Crippen molar-refractivity contribution in [3.8, 4) is 0 Å². The lowest BCUT2D eigenvalue weighted by molar-refractivity contribution is 0.516. The first kappa shape index (κ1) is 31.6. The number of imidazole rings is 1. The van der Waals surface area contributed by atoms with Crippen LogP contribution in [-0.2, 0) is 25.8 Å². The third-order valence-electron chi connectivity index (χ3n) is 7.91. The Hall–Kier alpha value is -1.57. The standard InChI is InChI=1S/C35H60N2/c1-3-5-7-8-9-10-11-12-13-14-15-16-17-18-19-24-31-37-32-34(36-35(37)30-21-6-4-2)29-25-28-33-26-22-20-23-27-33/h20,22-23,26-27,32H,3-19,21,24-25,28-31H2,1-2H3. The second kappa shape index (κ2) is 22.4. The Morgan fingerprint density at radius 2 is 1.03 bits per heavy atom. The Morgan fingerprint density at radius 1 is 0.514 bits per heavy atom. The van der Waals surface area contributed by atoms with Gasteiger partial charge in [0.05, 0.1) is 5.69 Å². The fraction of sp³-hybridized carbons (Fsp3) is 0.743. The number of nitrogens with zero attached hydrogens (tertiary/aromatic N) is 2. The fourth-order valence-corrected chi connectivity index (χ4v) is 5.51. The molecule has 0 saturated carbocycles. The molecule has 0 aliphatic rings. The van der Waals surface area contributed by atoms with Crippen molar-refractivity contribution in [2.45, 2.75) is 168 Å². The van der Waals surface area contributed by atoms with Crippen molar-refractivity contribution in [3.63, 3.8) is 0 Å². The van der Waals surface area contributed by atoms with E-state index in [1.54, 1.807) is 0 Å². The normalized spacial score (nSPS) is 11.4. The highest BCUT2D eigenvalue weighted by Crippen LogP contribution is 2.16. The maximum atomic E-state index is 5.07. The minimum Gasteiger partial charge on any atom is -0.335 e. The van der Waals surface area contributed by atoms with Crippen LogP contribution in [0.5, 0.6) is 0 Å². The van der Waals surface area contributed by atoms with Gasteiger partial charge in [0.15, 0.2) is 0 Å². The second-order valence-corrected chi connectivity index (χ2v) is 11.4.